The zero-order valence-electron chi connectivity index (χ0n) is 13.0. The van der Waals surface area contributed by atoms with Crippen LogP contribution in [0.15, 0.2) is 24.3 Å². The smallest absolute Gasteiger partial charge is 0.384 e. The third-order valence-electron chi connectivity index (χ3n) is 6.05. The molecule has 1 aromatic rings. The lowest BCUT2D eigenvalue weighted by atomic mass is 9.49. The van der Waals surface area contributed by atoms with Crippen molar-refractivity contribution >= 4 is 18.1 Å². The number of benzene rings is 1. The van der Waals surface area contributed by atoms with E-state index in [0.717, 1.165) is 17.8 Å². The van der Waals surface area contributed by atoms with E-state index in [1.54, 1.807) is 12.1 Å². The molecule has 4 aliphatic rings. The first-order valence-electron chi connectivity index (χ1n) is 8.34. The molecule has 23 heavy (non-hydrogen) atoms. The Kier molecular flexibility index (Phi) is 4.33. The highest BCUT2D eigenvalue weighted by atomic mass is 35.5. The molecule has 0 amide bonds. The third kappa shape index (κ3) is 3.19. The molecule has 1 N–H and O–H groups in total. The van der Waals surface area contributed by atoms with Crippen LogP contribution in [0.25, 0.3) is 0 Å². The van der Waals surface area contributed by atoms with Crippen molar-refractivity contribution in [1.82, 2.24) is 0 Å². The Balaban J connectivity index is 0.00000156. The fourth-order valence-electron chi connectivity index (χ4n) is 5.67. The fraction of sp³-hybridized carbons (Fsp3) is 0.667. The fourth-order valence-corrected chi connectivity index (χ4v) is 5.67. The first-order chi connectivity index (χ1) is 10.4. The largest absolute Gasteiger partial charge is 0.418 e. The van der Waals surface area contributed by atoms with Gasteiger partial charge in [0.15, 0.2) is 0 Å². The van der Waals surface area contributed by atoms with Crippen LogP contribution in [0, 0.1) is 23.2 Å². The minimum atomic E-state index is -4.29. The Labute approximate surface area is 141 Å². The van der Waals surface area contributed by atoms with Crippen LogP contribution in [0.2, 0.25) is 0 Å². The molecule has 4 bridgehead atoms. The standard InChI is InChI=1S/C18H22F3N.ClH/c19-18(20,21)15-3-1-2-4-16(15)22-11-17-8-12-5-13(9-17)7-14(6-12)10-17;/h1-4,12-14,22H,5-11H2;1H. The number of hydrogen-bond acceptors (Lipinski definition) is 1. The van der Waals surface area contributed by atoms with Gasteiger partial charge in [-0.05, 0) is 73.8 Å². The summed E-state index contributed by atoms with van der Waals surface area (Å²) < 4.78 is 39.3. The van der Waals surface area contributed by atoms with E-state index in [1.807, 2.05) is 0 Å². The molecule has 1 nitrogen and oxygen atoms in total. The van der Waals surface area contributed by atoms with E-state index in [-0.39, 0.29) is 23.5 Å². The van der Waals surface area contributed by atoms with Gasteiger partial charge in [-0.25, -0.2) is 0 Å². The maximum Gasteiger partial charge on any atom is 0.418 e. The van der Waals surface area contributed by atoms with Crippen LogP contribution in [0.3, 0.4) is 0 Å². The molecule has 0 saturated heterocycles. The average molecular weight is 346 g/mol. The molecule has 1 aromatic carbocycles. The Bertz CT molecular complexity index is 534. The topological polar surface area (TPSA) is 12.0 Å². The highest BCUT2D eigenvalue weighted by Gasteiger charge is 2.50. The number of anilines is 1. The summed E-state index contributed by atoms with van der Waals surface area (Å²) in [5, 5.41) is 3.16. The summed E-state index contributed by atoms with van der Waals surface area (Å²) in [6, 6.07) is 5.86. The summed E-state index contributed by atoms with van der Waals surface area (Å²) in [5.41, 5.74) is -0.0570. The zero-order chi connectivity index (χ0) is 15.4. The second-order valence-corrected chi connectivity index (χ2v) is 7.81. The number of alkyl halides is 3. The van der Waals surface area contributed by atoms with Gasteiger partial charge in [0.05, 0.1) is 5.56 Å². The second kappa shape index (κ2) is 5.87. The molecular weight excluding hydrogens is 323 g/mol. The van der Waals surface area contributed by atoms with Crippen molar-refractivity contribution in [3.05, 3.63) is 29.8 Å². The quantitative estimate of drug-likeness (QED) is 0.734. The molecule has 0 radical (unpaired) electrons. The third-order valence-corrected chi connectivity index (χ3v) is 6.05. The van der Waals surface area contributed by atoms with Gasteiger partial charge >= 0.3 is 6.18 Å². The Morgan fingerprint density at radius 1 is 0.957 bits per heavy atom. The van der Waals surface area contributed by atoms with Gasteiger partial charge in [-0.1, -0.05) is 12.1 Å². The van der Waals surface area contributed by atoms with Crippen LogP contribution >= 0.6 is 12.4 Å². The van der Waals surface area contributed by atoms with E-state index in [2.05, 4.69) is 5.32 Å². The predicted octanol–water partition coefficient (Wildman–Crippen LogP) is 5.76. The SMILES string of the molecule is Cl.FC(F)(F)c1ccccc1NCC12CC3CC(CC(C3)C1)C2. The maximum absolute atomic E-state index is 13.1. The van der Waals surface area contributed by atoms with Crippen LogP contribution in [-0.4, -0.2) is 6.54 Å². The molecule has 128 valence electrons. The first-order valence-corrected chi connectivity index (χ1v) is 8.34. The zero-order valence-corrected chi connectivity index (χ0v) is 13.8. The van der Waals surface area contributed by atoms with Crippen molar-refractivity contribution in [2.45, 2.75) is 44.7 Å². The van der Waals surface area contributed by atoms with Crippen LogP contribution in [0.1, 0.15) is 44.1 Å². The summed E-state index contributed by atoms with van der Waals surface area (Å²) in [5.74, 6) is 2.47. The second-order valence-electron chi connectivity index (χ2n) is 7.81. The lowest BCUT2D eigenvalue weighted by Gasteiger charge is -2.57. The van der Waals surface area contributed by atoms with Gasteiger partial charge in [0.1, 0.15) is 0 Å². The van der Waals surface area contributed by atoms with Crippen molar-refractivity contribution in [2.24, 2.45) is 23.2 Å². The summed E-state index contributed by atoms with van der Waals surface area (Å²) in [6.07, 6.45) is 3.42. The van der Waals surface area contributed by atoms with E-state index in [4.69, 9.17) is 0 Å². The molecule has 5 heteroatoms. The molecule has 4 aliphatic carbocycles. The van der Waals surface area contributed by atoms with Crippen molar-refractivity contribution < 1.29 is 13.2 Å². The van der Waals surface area contributed by atoms with Gasteiger partial charge < -0.3 is 5.32 Å². The molecule has 0 unspecified atom stereocenters. The monoisotopic (exact) mass is 345 g/mol. The molecule has 0 aliphatic heterocycles. The van der Waals surface area contributed by atoms with Crippen molar-refractivity contribution in [1.29, 1.82) is 0 Å². The van der Waals surface area contributed by atoms with Crippen molar-refractivity contribution in [3.8, 4) is 0 Å². The van der Waals surface area contributed by atoms with E-state index in [1.165, 1.54) is 50.7 Å². The predicted molar refractivity (Wildman–Crippen MR) is 87.8 cm³/mol. The highest BCUT2D eigenvalue weighted by Crippen LogP contribution is 2.60. The summed E-state index contributed by atoms with van der Waals surface area (Å²) >= 11 is 0. The van der Waals surface area contributed by atoms with Crippen molar-refractivity contribution in [3.63, 3.8) is 0 Å². The van der Waals surface area contributed by atoms with Gasteiger partial charge in [-0.15, -0.1) is 12.4 Å². The summed E-state index contributed by atoms with van der Waals surface area (Å²) in [4.78, 5) is 0. The normalized spacial score (nSPS) is 35.0. The van der Waals surface area contributed by atoms with Crippen LogP contribution < -0.4 is 5.32 Å². The van der Waals surface area contributed by atoms with E-state index in [9.17, 15) is 13.2 Å². The van der Waals surface area contributed by atoms with Gasteiger partial charge in [0.2, 0.25) is 0 Å². The van der Waals surface area contributed by atoms with Crippen LogP contribution in [0.4, 0.5) is 18.9 Å². The molecule has 0 aromatic heterocycles. The van der Waals surface area contributed by atoms with Gasteiger partial charge in [-0.2, -0.15) is 13.2 Å². The van der Waals surface area contributed by atoms with Crippen LogP contribution in [0.5, 0.6) is 0 Å². The van der Waals surface area contributed by atoms with Gasteiger partial charge in [0.25, 0.3) is 0 Å². The Morgan fingerprint density at radius 2 is 1.48 bits per heavy atom. The van der Waals surface area contributed by atoms with Gasteiger partial charge in [-0.3, -0.25) is 0 Å². The van der Waals surface area contributed by atoms with Gasteiger partial charge in [0, 0.05) is 12.2 Å². The first kappa shape index (κ1) is 16.9. The van der Waals surface area contributed by atoms with E-state index in [0.29, 0.717) is 6.54 Å². The molecule has 5 rings (SSSR count). The number of hydrogen-bond donors (Lipinski definition) is 1. The van der Waals surface area contributed by atoms with Crippen LogP contribution in [-0.2, 0) is 6.18 Å². The molecule has 4 fully saturated rings. The summed E-state index contributed by atoms with van der Waals surface area (Å²) in [6.45, 7) is 0.698. The lowest BCUT2D eigenvalue weighted by Crippen LogP contribution is -2.49. The number of para-hydroxylation sites is 1. The minimum Gasteiger partial charge on any atom is -0.384 e. The number of halogens is 4. The Hall–Kier alpha value is -0.900. The highest BCUT2D eigenvalue weighted by molar-refractivity contribution is 5.85. The number of nitrogens with one attached hydrogen (secondary N) is 1. The minimum absolute atomic E-state index is 0. The number of rotatable bonds is 3. The van der Waals surface area contributed by atoms with E-state index < -0.39 is 11.7 Å². The van der Waals surface area contributed by atoms with Crippen molar-refractivity contribution in [2.75, 3.05) is 11.9 Å². The Morgan fingerprint density at radius 3 is 2.00 bits per heavy atom. The van der Waals surface area contributed by atoms with E-state index >= 15 is 0 Å². The molecular formula is C18H23ClF3N. The molecule has 0 atom stereocenters. The lowest BCUT2D eigenvalue weighted by molar-refractivity contribution is -0.137. The molecule has 0 heterocycles. The average Bonchev–Trinajstić information content (AvgIpc) is 2.43. The molecule has 4 saturated carbocycles. The molecule has 0 spiro atoms. The summed E-state index contributed by atoms with van der Waals surface area (Å²) in [7, 11) is 0. The maximum atomic E-state index is 13.1.